The number of hydrogen-bond acceptors (Lipinski definition) is 18. The molecule has 64 heavy (non-hydrogen) atoms. The second-order valence-corrected chi connectivity index (χ2v) is 16.3. The molecule has 2 aromatic heterocycles. The van der Waals surface area contributed by atoms with Gasteiger partial charge in [-0.2, -0.15) is 29.9 Å². The Bertz CT molecular complexity index is 2840. The molecule has 320 valence electrons. The number of rotatable bonds is 16. The summed E-state index contributed by atoms with van der Waals surface area (Å²) in [6, 6.07) is 44.4. The lowest BCUT2D eigenvalue weighted by molar-refractivity contribution is 0.460. The average molecular weight is 891 g/mol. The highest BCUT2D eigenvalue weighted by molar-refractivity contribution is 7.86. The maximum Gasteiger partial charge on any atom is 0.233 e. The maximum absolute atomic E-state index is 12.6. The molecule has 0 radical (unpaired) electrons. The summed E-state index contributed by atoms with van der Waals surface area (Å²) in [6.07, 6.45) is 2.43. The van der Waals surface area contributed by atoms with Crippen molar-refractivity contribution in [2.45, 2.75) is 9.79 Å². The fourth-order valence-corrected chi connectivity index (χ4v) is 7.45. The molecule has 0 saturated carbocycles. The van der Waals surface area contributed by atoms with Gasteiger partial charge in [-0.15, -0.1) is 0 Å². The first-order chi connectivity index (χ1) is 30.9. The first-order valence-electron chi connectivity index (χ1n) is 19.1. The molecule has 0 unspecified atom stereocenters. The largest absolute Gasteiger partial charge is 0.744 e. The second kappa shape index (κ2) is 18.8. The van der Waals surface area contributed by atoms with Crippen LogP contribution in [-0.2, 0) is 20.2 Å². The highest BCUT2D eigenvalue weighted by Crippen LogP contribution is 2.29. The fraction of sp³-hybridized carbons (Fsp3) is 0. The van der Waals surface area contributed by atoms with Crippen molar-refractivity contribution in [1.29, 1.82) is 0 Å². The molecular formula is C44H34N12O6S2-2. The van der Waals surface area contributed by atoms with Crippen molar-refractivity contribution < 1.29 is 25.9 Å². The van der Waals surface area contributed by atoms with Gasteiger partial charge in [0.05, 0.1) is 9.79 Å². The average Bonchev–Trinajstić information content (AvgIpc) is 3.27. The predicted molar refractivity (Wildman–Crippen MR) is 243 cm³/mol. The second-order valence-electron chi connectivity index (χ2n) is 13.6. The van der Waals surface area contributed by atoms with Gasteiger partial charge < -0.3 is 41.0 Å². The summed E-state index contributed by atoms with van der Waals surface area (Å²) < 4.78 is 75.7. The Morgan fingerprint density at radius 3 is 0.797 bits per heavy atom. The molecule has 6 aromatic carbocycles. The van der Waals surface area contributed by atoms with Gasteiger partial charge in [0.15, 0.2) is 0 Å². The van der Waals surface area contributed by atoms with Gasteiger partial charge in [-0.25, -0.2) is 16.8 Å². The molecule has 0 saturated heterocycles. The molecule has 8 rings (SSSR count). The molecule has 0 aliphatic carbocycles. The van der Waals surface area contributed by atoms with Gasteiger partial charge in [0, 0.05) is 34.1 Å². The highest BCUT2D eigenvalue weighted by Gasteiger charge is 2.15. The van der Waals surface area contributed by atoms with E-state index in [9.17, 15) is 25.9 Å². The SMILES string of the molecule is O=S(=O)([O-])c1cc(Nc2nc(Nc3ccccc3)nc(Nc3ccccc3)n2)ccc1/C=C/c1ccc(Nc2nc(Nc3ccccc3)nc(Nc3ccccc3)n2)cc1S(=O)(=O)[O-]. The van der Waals surface area contributed by atoms with Crippen LogP contribution in [-0.4, -0.2) is 55.8 Å². The van der Waals surface area contributed by atoms with Gasteiger partial charge >= 0.3 is 0 Å². The van der Waals surface area contributed by atoms with Crippen molar-refractivity contribution in [3.63, 3.8) is 0 Å². The van der Waals surface area contributed by atoms with Gasteiger partial charge in [0.1, 0.15) is 20.2 Å². The Hall–Kier alpha value is -8.30. The molecule has 2 heterocycles. The molecule has 6 N–H and O–H groups in total. The molecule has 0 bridgehead atoms. The van der Waals surface area contributed by atoms with Gasteiger partial charge in [0.2, 0.25) is 35.7 Å². The van der Waals surface area contributed by atoms with E-state index in [1.807, 2.05) is 121 Å². The van der Waals surface area contributed by atoms with E-state index >= 15 is 0 Å². The van der Waals surface area contributed by atoms with E-state index in [4.69, 9.17) is 0 Å². The molecule has 0 aliphatic heterocycles. The molecule has 0 fully saturated rings. The van der Waals surface area contributed by atoms with E-state index in [0.717, 1.165) is 12.1 Å². The van der Waals surface area contributed by atoms with Crippen LogP contribution < -0.4 is 31.9 Å². The van der Waals surface area contributed by atoms with Crippen LogP contribution in [0.25, 0.3) is 12.2 Å². The maximum atomic E-state index is 12.6. The minimum absolute atomic E-state index is 0.00734. The number of aromatic nitrogens is 6. The van der Waals surface area contributed by atoms with Crippen molar-refractivity contribution in [2.24, 2.45) is 0 Å². The highest BCUT2D eigenvalue weighted by atomic mass is 32.2. The van der Waals surface area contributed by atoms with E-state index in [2.05, 4.69) is 61.8 Å². The smallest absolute Gasteiger partial charge is 0.233 e. The number of nitrogens with zero attached hydrogens (tertiary/aromatic N) is 6. The molecule has 0 aliphatic rings. The van der Waals surface area contributed by atoms with Crippen LogP contribution in [0.2, 0.25) is 0 Å². The van der Waals surface area contributed by atoms with Crippen LogP contribution in [0.15, 0.2) is 168 Å². The fourth-order valence-electron chi connectivity index (χ4n) is 6.06. The number of benzene rings is 6. The van der Waals surface area contributed by atoms with Gasteiger partial charge in [-0.05, 0) is 83.9 Å². The Balaban J connectivity index is 1.07. The van der Waals surface area contributed by atoms with Crippen molar-refractivity contribution >= 4 is 102 Å². The molecular weight excluding hydrogens is 857 g/mol. The molecule has 0 atom stereocenters. The summed E-state index contributed by atoms with van der Waals surface area (Å²) >= 11 is 0. The lowest BCUT2D eigenvalue weighted by atomic mass is 10.1. The number of anilines is 12. The zero-order chi connectivity index (χ0) is 44.5. The van der Waals surface area contributed by atoms with Gasteiger partial charge in [-0.3, -0.25) is 0 Å². The van der Waals surface area contributed by atoms with Crippen molar-refractivity contribution in [3.8, 4) is 0 Å². The minimum Gasteiger partial charge on any atom is -0.744 e. The summed E-state index contributed by atoms with van der Waals surface area (Å²) in [5.74, 6) is 0.650. The predicted octanol–water partition coefficient (Wildman–Crippen LogP) is 8.50. The normalized spacial score (nSPS) is 11.5. The summed E-state index contributed by atoms with van der Waals surface area (Å²) in [6.45, 7) is 0. The van der Waals surface area contributed by atoms with Crippen molar-refractivity contribution in [1.82, 2.24) is 29.9 Å². The van der Waals surface area contributed by atoms with Crippen LogP contribution in [0.4, 0.5) is 69.8 Å². The standard InChI is InChI=1S/C44H36N12O6S2/c57-63(58,59)37-27-35(49-43-53-39(45-31-13-5-1-6-14-31)51-40(54-43)46-32-15-7-2-8-16-32)25-23-29(37)21-22-30-24-26-36(28-38(30)64(60,61)62)50-44-55-41(47-33-17-9-3-10-18-33)52-42(56-44)48-34-19-11-4-12-20-34/h1-28H,(H,57,58,59)(H,60,61,62)(H3,45,46,49,51,53,54)(H3,47,48,50,52,55,56)/p-2/b22-21+. The summed E-state index contributed by atoms with van der Waals surface area (Å²) in [7, 11) is -10.2. The Morgan fingerprint density at radius 2 is 0.562 bits per heavy atom. The first-order valence-corrected chi connectivity index (χ1v) is 21.9. The Labute approximate surface area is 367 Å². The first kappa shape index (κ1) is 42.4. The van der Waals surface area contributed by atoms with E-state index < -0.39 is 30.0 Å². The number of para-hydroxylation sites is 4. The number of nitrogens with one attached hydrogen (secondary N) is 6. The lowest BCUT2D eigenvalue weighted by Gasteiger charge is -2.16. The third kappa shape index (κ3) is 11.3. The van der Waals surface area contributed by atoms with Crippen LogP contribution in [0.1, 0.15) is 11.1 Å². The number of hydrogen-bond donors (Lipinski definition) is 6. The van der Waals surface area contributed by atoms with Crippen molar-refractivity contribution in [3.05, 3.63) is 169 Å². The monoisotopic (exact) mass is 890 g/mol. The topological polar surface area (TPSA) is 264 Å². The van der Waals surface area contributed by atoms with E-state index in [1.165, 1.54) is 36.4 Å². The molecule has 18 nitrogen and oxygen atoms in total. The summed E-state index contributed by atoms with van der Waals surface area (Å²) in [4.78, 5) is 25.3. The zero-order valence-electron chi connectivity index (χ0n) is 33.1. The minimum atomic E-state index is -5.12. The van der Waals surface area contributed by atoms with Crippen LogP contribution in [0.5, 0.6) is 0 Å². The van der Waals surface area contributed by atoms with E-state index in [-0.39, 0.29) is 58.2 Å². The molecule has 0 spiro atoms. The lowest BCUT2D eigenvalue weighted by Crippen LogP contribution is -2.08. The van der Waals surface area contributed by atoms with E-state index in [0.29, 0.717) is 22.7 Å². The quantitative estimate of drug-likeness (QED) is 0.0392. The van der Waals surface area contributed by atoms with Crippen LogP contribution in [0.3, 0.4) is 0 Å². The Morgan fingerprint density at radius 1 is 0.328 bits per heavy atom. The zero-order valence-corrected chi connectivity index (χ0v) is 34.7. The third-order valence-electron chi connectivity index (χ3n) is 8.91. The van der Waals surface area contributed by atoms with Crippen molar-refractivity contribution in [2.75, 3.05) is 31.9 Å². The molecule has 0 amide bonds. The molecule has 8 aromatic rings. The summed E-state index contributed by atoms with van der Waals surface area (Å²) in [5.41, 5.74) is 2.86. The van der Waals surface area contributed by atoms with Gasteiger partial charge in [0.25, 0.3) is 0 Å². The van der Waals surface area contributed by atoms with Crippen LogP contribution >= 0.6 is 0 Å². The summed E-state index contributed by atoms with van der Waals surface area (Å²) in [5, 5.41) is 18.3. The Kier molecular flexibility index (Phi) is 12.4. The third-order valence-corrected chi connectivity index (χ3v) is 10.7. The van der Waals surface area contributed by atoms with Crippen LogP contribution in [0, 0.1) is 0 Å². The van der Waals surface area contributed by atoms with Gasteiger partial charge in [-0.1, -0.05) is 97.1 Å². The van der Waals surface area contributed by atoms with E-state index in [1.54, 1.807) is 0 Å². The molecule has 20 heteroatoms.